The highest BCUT2D eigenvalue weighted by atomic mass is 16.6. The predicted molar refractivity (Wildman–Crippen MR) is 141 cm³/mol. The van der Waals surface area contributed by atoms with E-state index >= 15 is 0 Å². The molecule has 2 bridgehead atoms. The highest BCUT2D eigenvalue weighted by molar-refractivity contribution is 5.98. The molecule has 0 aromatic carbocycles. The first-order valence-electron chi connectivity index (χ1n) is 14.0. The van der Waals surface area contributed by atoms with Gasteiger partial charge in [-0.2, -0.15) is 0 Å². The van der Waals surface area contributed by atoms with Gasteiger partial charge in [-0.15, -0.1) is 6.58 Å². The average molecular weight is 519 g/mol. The first-order chi connectivity index (χ1) is 17.7. The normalized spacial score (nSPS) is 30.9. The molecular formula is C29H46N2O6. The molecule has 0 radical (unpaired) electrons. The van der Waals surface area contributed by atoms with Crippen LogP contribution in [-0.4, -0.2) is 82.3 Å². The third-order valence-corrected chi connectivity index (χ3v) is 8.49. The van der Waals surface area contributed by atoms with Crippen molar-refractivity contribution in [3.63, 3.8) is 0 Å². The maximum atomic E-state index is 14.4. The maximum absolute atomic E-state index is 14.4. The van der Waals surface area contributed by atoms with Gasteiger partial charge in [0.25, 0.3) is 0 Å². The van der Waals surface area contributed by atoms with E-state index in [9.17, 15) is 19.5 Å². The Kier molecular flexibility index (Phi) is 9.62. The van der Waals surface area contributed by atoms with Crippen LogP contribution in [0.1, 0.15) is 72.6 Å². The number of likely N-dealkylation sites (tertiary alicyclic amines) is 1. The van der Waals surface area contributed by atoms with Crippen LogP contribution in [-0.2, 0) is 23.9 Å². The SMILES string of the molecule is C=CCOC(=O)[C@@H]1[C@H]2C(=O)N([C@@H](CO)CC(C)C)C(C(=O)N(CC=C)CCCCC)C23CC[C@@]1(CC)O3. The Morgan fingerprint density at radius 2 is 1.97 bits per heavy atom. The van der Waals surface area contributed by atoms with E-state index in [4.69, 9.17) is 9.47 Å². The molecule has 3 heterocycles. The number of ether oxygens (including phenoxy) is 2. The summed E-state index contributed by atoms with van der Waals surface area (Å²) in [5.41, 5.74) is -1.97. The molecule has 3 aliphatic rings. The number of amides is 2. The molecule has 2 unspecified atom stereocenters. The smallest absolute Gasteiger partial charge is 0.313 e. The lowest BCUT2D eigenvalue weighted by molar-refractivity contribution is -0.163. The van der Waals surface area contributed by atoms with Crippen molar-refractivity contribution in [3.8, 4) is 0 Å². The molecule has 8 nitrogen and oxygen atoms in total. The molecule has 1 N–H and O–H groups in total. The number of unbranched alkanes of at least 4 members (excludes halogenated alkanes) is 2. The van der Waals surface area contributed by atoms with Crippen LogP contribution in [0.2, 0.25) is 0 Å². The van der Waals surface area contributed by atoms with E-state index in [0.717, 1.165) is 19.3 Å². The van der Waals surface area contributed by atoms with Crippen LogP contribution in [0.3, 0.4) is 0 Å². The number of hydrogen-bond donors (Lipinski definition) is 1. The Hall–Kier alpha value is -2.19. The summed E-state index contributed by atoms with van der Waals surface area (Å²) < 4.78 is 12.3. The molecule has 0 saturated carbocycles. The fraction of sp³-hybridized carbons (Fsp3) is 0.759. The van der Waals surface area contributed by atoms with Gasteiger partial charge in [-0.1, -0.05) is 59.3 Å². The molecule has 37 heavy (non-hydrogen) atoms. The van der Waals surface area contributed by atoms with Crippen LogP contribution in [0.5, 0.6) is 0 Å². The molecule has 0 aromatic rings. The van der Waals surface area contributed by atoms with Crippen molar-refractivity contribution in [2.24, 2.45) is 17.8 Å². The van der Waals surface area contributed by atoms with Crippen LogP contribution in [0, 0.1) is 17.8 Å². The average Bonchev–Trinajstić information content (AvgIpc) is 3.48. The van der Waals surface area contributed by atoms with E-state index in [1.165, 1.54) is 6.08 Å². The second-order valence-electron chi connectivity index (χ2n) is 11.2. The summed E-state index contributed by atoms with van der Waals surface area (Å²) in [5.74, 6) is -2.40. The molecule has 3 saturated heterocycles. The zero-order chi connectivity index (χ0) is 27.4. The quantitative estimate of drug-likeness (QED) is 0.203. The summed E-state index contributed by atoms with van der Waals surface area (Å²) in [4.78, 5) is 45.3. The fourth-order valence-electron chi connectivity index (χ4n) is 6.91. The topological polar surface area (TPSA) is 96.4 Å². The minimum absolute atomic E-state index is 0.0479. The third-order valence-electron chi connectivity index (χ3n) is 8.49. The van der Waals surface area contributed by atoms with Gasteiger partial charge < -0.3 is 24.4 Å². The van der Waals surface area contributed by atoms with Crippen LogP contribution in [0.4, 0.5) is 0 Å². The molecular weight excluding hydrogens is 472 g/mol. The summed E-state index contributed by atoms with van der Waals surface area (Å²) in [5, 5.41) is 10.4. The summed E-state index contributed by atoms with van der Waals surface area (Å²) in [6, 6.07) is -1.46. The Balaban J connectivity index is 2.11. The van der Waals surface area contributed by atoms with E-state index in [1.54, 1.807) is 15.9 Å². The minimum Gasteiger partial charge on any atom is -0.461 e. The van der Waals surface area contributed by atoms with Crippen LogP contribution >= 0.6 is 0 Å². The van der Waals surface area contributed by atoms with Crippen molar-refractivity contribution in [2.75, 3.05) is 26.3 Å². The molecule has 0 aromatic heterocycles. The van der Waals surface area contributed by atoms with E-state index < -0.39 is 41.1 Å². The molecule has 8 heteroatoms. The molecule has 6 atom stereocenters. The number of fused-ring (bicyclic) bond motifs is 1. The lowest BCUT2D eigenvalue weighted by Gasteiger charge is -2.40. The van der Waals surface area contributed by atoms with Gasteiger partial charge in [0.1, 0.15) is 24.2 Å². The summed E-state index contributed by atoms with van der Waals surface area (Å²) in [6.07, 6.45) is 8.22. The second-order valence-corrected chi connectivity index (χ2v) is 11.2. The van der Waals surface area contributed by atoms with Crippen LogP contribution in [0.15, 0.2) is 25.3 Å². The van der Waals surface area contributed by atoms with Crippen LogP contribution < -0.4 is 0 Å². The fourth-order valence-corrected chi connectivity index (χ4v) is 6.91. The van der Waals surface area contributed by atoms with E-state index in [-0.39, 0.29) is 30.9 Å². The first kappa shape index (κ1) is 29.4. The van der Waals surface area contributed by atoms with E-state index in [0.29, 0.717) is 38.8 Å². The highest BCUT2D eigenvalue weighted by Gasteiger charge is 2.79. The Morgan fingerprint density at radius 1 is 1.24 bits per heavy atom. The van der Waals surface area contributed by atoms with Gasteiger partial charge in [0.05, 0.1) is 24.2 Å². The summed E-state index contributed by atoms with van der Waals surface area (Å²) in [7, 11) is 0. The van der Waals surface area contributed by atoms with Gasteiger partial charge in [-0.3, -0.25) is 14.4 Å². The van der Waals surface area contributed by atoms with Crippen molar-refractivity contribution < 1.29 is 29.0 Å². The molecule has 2 amide bonds. The lowest BCUT2D eigenvalue weighted by Crippen LogP contribution is -2.59. The van der Waals surface area contributed by atoms with Crippen LogP contribution in [0.25, 0.3) is 0 Å². The second kappa shape index (κ2) is 12.1. The number of hydrogen-bond acceptors (Lipinski definition) is 6. The Bertz CT molecular complexity index is 874. The van der Waals surface area contributed by atoms with Gasteiger partial charge in [-0.05, 0) is 38.0 Å². The summed E-state index contributed by atoms with van der Waals surface area (Å²) in [6.45, 7) is 16.3. The number of carbonyl (C=O) groups is 3. The number of nitrogens with zero attached hydrogens (tertiary/aromatic N) is 2. The van der Waals surface area contributed by atoms with Gasteiger partial charge in [0.15, 0.2) is 0 Å². The van der Waals surface area contributed by atoms with Gasteiger partial charge in [-0.25, -0.2) is 0 Å². The van der Waals surface area contributed by atoms with Crippen molar-refractivity contribution >= 4 is 17.8 Å². The zero-order valence-corrected chi connectivity index (χ0v) is 23.1. The minimum atomic E-state index is -1.13. The van der Waals surface area contributed by atoms with E-state index in [2.05, 4.69) is 20.1 Å². The van der Waals surface area contributed by atoms with Crippen molar-refractivity contribution in [3.05, 3.63) is 25.3 Å². The molecule has 1 spiro atoms. The zero-order valence-electron chi connectivity index (χ0n) is 23.1. The third kappa shape index (κ3) is 5.11. The molecule has 0 aliphatic carbocycles. The first-order valence-corrected chi connectivity index (χ1v) is 14.0. The maximum Gasteiger partial charge on any atom is 0.313 e. The molecule has 208 valence electrons. The molecule has 3 fully saturated rings. The number of aliphatic hydroxyl groups is 1. The van der Waals surface area contributed by atoms with Crippen molar-refractivity contribution in [1.29, 1.82) is 0 Å². The van der Waals surface area contributed by atoms with Crippen molar-refractivity contribution in [1.82, 2.24) is 9.80 Å². The largest absolute Gasteiger partial charge is 0.461 e. The summed E-state index contributed by atoms with van der Waals surface area (Å²) >= 11 is 0. The van der Waals surface area contributed by atoms with Gasteiger partial charge in [0, 0.05) is 13.1 Å². The standard InChI is InChI=1S/C29H46N2O6/c1-7-11-12-16-30(15-8-2)26(34)24-29-14-13-28(10-4,37-29)23(27(35)36-17-9-3)22(29)25(33)31(24)21(19-32)18-20(5)6/h8-9,20-24,32H,2-3,7,10-19H2,1,4-6H3/t21-,22+,23+,24?,28-,29?/m1/s1. The van der Waals surface area contributed by atoms with E-state index in [1.807, 2.05) is 20.8 Å². The monoisotopic (exact) mass is 518 g/mol. The Morgan fingerprint density at radius 3 is 2.54 bits per heavy atom. The number of aliphatic hydroxyl groups excluding tert-OH is 1. The van der Waals surface area contributed by atoms with Gasteiger partial charge in [0.2, 0.25) is 11.8 Å². The number of rotatable bonds is 15. The highest BCUT2D eigenvalue weighted by Crippen LogP contribution is 2.65. The molecule has 3 rings (SSSR count). The number of carbonyl (C=O) groups excluding carboxylic acids is 3. The van der Waals surface area contributed by atoms with Gasteiger partial charge >= 0.3 is 5.97 Å². The Labute approximate surface area is 222 Å². The van der Waals surface area contributed by atoms with Crippen molar-refractivity contribution in [2.45, 2.75) is 95.9 Å². The lowest BCUT2D eigenvalue weighted by atomic mass is 9.65. The predicted octanol–water partition coefficient (Wildman–Crippen LogP) is 3.48. The molecule has 3 aliphatic heterocycles. The number of esters is 1.